The highest BCUT2D eigenvalue weighted by molar-refractivity contribution is 7.20. The lowest BCUT2D eigenvalue weighted by molar-refractivity contribution is 0.0531. The number of carbonyl (C=O) groups is 1. The van der Waals surface area contributed by atoms with E-state index in [9.17, 15) is 14.7 Å². The number of aryl methyl sites for hydroxylation is 1. The van der Waals surface area contributed by atoms with Crippen molar-refractivity contribution in [3.8, 4) is 0 Å². The predicted octanol–water partition coefficient (Wildman–Crippen LogP) is 2.47. The third-order valence-corrected chi connectivity index (χ3v) is 5.76. The topological polar surface area (TPSA) is 105 Å². The third kappa shape index (κ3) is 6.33. The van der Waals surface area contributed by atoms with Crippen molar-refractivity contribution in [2.24, 2.45) is 0 Å². The van der Waals surface area contributed by atoms with E-state index in [4.69, 9.17) is 9.47 Å². The van der Waals surface area contributed by atoms with Crippen molar-refractivity contribution in [3.63, 3.8) is 0 Å². The molecule has 29 heavy (non-hydrogen) atoms. The van der Waals surface area contributed by atoms with Gasteiger partial charge >= 0.3 is 5.97 Å². The number of H-pyrrole nitrogens is 1. The van der Waals surface area contributed by atoms with Crippen LogP contribution in [0.3, 0.4) is 0 Å². The Hall–Kier alpha value is -1.81. The second kappa shape index (κ2) is 11.4. The van der Waals surface area contributed by atoms with Gasteiger partial charge in [0.05, 0.1) is 24.6 Å². The Bertz CT molecular complexity index is 864. The Kier molecular flexibility index (Phi) is 9.22. The minimum Gasteiger partial charge on any atom is -0.462 e. The van der Waals surface area contributed by atoms with Gasteiger partial charge in [0.15, 0.2) is 0 Å². The molecule has 2 rings (SSSR count). The molecule has 0 aliphatic carbocycles. The van der Waals surface area contributed by atoms with Crippen molar-refractivity contribution >= 4 is 27.5 Å². The molecule has 0 aliphatic heterocycles. The van der Waals surface area contributed by atoms with E-state index in [0.29, 0.717) is 52.7 Å². The number of aromatic nitrogens is 2. The smallest absolute Gasteiger partial charge is 0.348 e. The molecule has 0 saturated carbocycles. The van der Waals surface area contributed by atoms with E-state index in [-0.39, 0.29) is 12.2 Å². The number of esters is 1. The maximum Gasteiger partial charge on any atom is 0.348 e. The molecule has 8 nitrogen and oxygen atoms in total. The Labute approximate surface area is 174 Å². The highest BCUT2D eigenvalue weighted by atomic mass is 32.1. The van der Waals surface area contributed by atoms with Gasteiger partial charge in [-0.05, 0) is 32.3 Å². The largest absolute Gasteiger partial charge is 0.462 e. The molecule has 0 saturated heterocycles. The Morgan fingerprint density at radius 1 is 1.38 bits per heavy atom. The summed E-state index contributed by atoms with van der Waals surface area (Å²) in [7, 11) is 1.66. The molecule has 0 bridgehead atoms. The minimum atomic E-state index is -0.433. The van der Waals surface area contributed by atoms with Crippen molar-refractivity contribution in [1.82, 2.24) is 14.9 Å². The second-order valence-electron chi connectivity index (χ2n) is 6.99. The molecule has 2 aromatic heterocycles. The molecule has 0 fully saturated rings. The van der Waals surface area contributed by atoms with Gasteiger partial charge in [0.2, 0.25) is 0 Å². The zero-order valence-electron chi connectivity index (χ0n) is 17.6. The van der Waals surface area contributed by atoms with Gasteiger partial charge in [0.1, 0.15) is 15.5 Å². The first-order valence-corrected chi connectivity index (χ1v) is 10.8. The van der Waals surface area contributed by atoms with Crippen LogP contribution in [0.5, 0.6) is 0 Å². The predicted molar refractivity (Wildman–Crippen MR) is 114 cm³/mol. The zero-order chi connectivity index (χ0) is 21.4. The van der Waals surface area contributed by atoms with Crippen LogP contribution in [-0.4, -0.2) is 65.5 Å². The van der Waals surface area contributed by atoms with Gasteiger partial charge < -0.3 is 19.6 Å². The van der Waals surface area contributed by atoms with E-state index in [1.54, 1.807) is 21.0 Å². The summed E-state index contributed by atoms with van der Waals surface area (Å²) in [6.45, 7) is 8.03. The quantitative estimate of drug-likeness (QED) is 0.398. The van der Waals surface area contributed by atoms with E-state index in [1.165, 1.54) is 11.3 Å². The van der Waals surface area contributed by atoms with Crippen LogP contribution >= 0.6 is 11.3 Å². The van der Waals surface area contributed by atoms with E-state index in [1.807, 2.05) is 6.92 Å². The maximum atomic E-state index is 12.7. The first kappa shape index (κ1) is 23.5. The number of fused-ring (bicyclic) bond motifs is 1. The van der Waals surface area contributed by atoms with Crippen molar-refractivity contribution in [1.29, 1.82) is 0 Å². The van der Waals surface area contributed by atoms with Gasteiger partial charge in [-0.3, -0.25) is 9.69 Å². The number of nitrogens with zero attached hydrogens (tertiary/aromatic N) is 2. The fraction of sp³-hybridized carbons (Fsp3) is 0.650. The molecule has 0 amide bonds. The van der Waals surface area contributed by atoms with Crippen LogP contribution in [0.4, 0.5) is 0 Å². The molecular weight excluding hydrogens is 394 g/mol. The number of rotatable bonds is 12. The van der Waals surface area contributed by atoms with E-state index in [0.717, 1.165) is 19.3 Å². The van der Waals surface area contributed by atoms with E-state index >= 15 is 0 Å². The third-order valence-electron chi connectivity index (χ3n) is 4.60. The number of aliphatic hydroxyl groups is 1. The van der Waals surface area contributed by atoms with Gasteiger partial charge in [0, 0.05) is 26.8 Å². The monoisotopic (exact) mass is 425 g/mol. The van der Waals surface area contributed by atoms with Gasteiger partial charge in [-0.25, -0.2) is 9.78 Å². The summed E-state index contributed by atoms with van der Waals surface area (Å²) < 4.78 is 10.2. The van der Waals surface area contributed by atoms with E-state index in [2.05, 4.69) is 14.9 Å². The van der Waals surface area contributed by atoms with Crippen LogP contribution in [0.25, 0.3) is 10.2 Å². The highest BCUT2D eigenvalue weighted by Crippen LogP contribution is 2.27. The summed E-state index contributed by atoms with van der Waals surface area (Å²) >= 11 is 1.18. The molecule has 0 spiro atoms. The SMILES string of the molecule is CCCC(O)CN(CCCOC)Cc1nc2sc(C(=O)OCC)c(C)c2c(=O)[nH]1. The Balaban J connectivity index is 2.27. The summed E-state index contributed by atoms with van der Waals surface area (Å²) in [5.74, 6) is 0.0816. The number of carbonyl (C=O) groups excluding carboxylic acids is 1. The number of aliphatic hydroxyl groups excluding tert-OH is 1. The van der Waals surface area contributed by atoms with Gasteiger partial charge in [-0.2, -0.15) is 0 Å². The molecule has 9 heteroatoms. The first-order chi connectivity index (χ1) is 13.9. The maximum absolute atomic E-state index is 12.7. The van der Waals surface area contributed by atoms with Crippen molar-refractivity contribution in [3.05, 3.63) is 26.6 Å². The number of ether oxygens (including phenoxy) is 2. The average Bonchev–Trinajstić information content (AvgIpc) is 2.99. The minimum absolute atomic E-state index is 0.264. The van der Waals surface area contributed by atoms with Crippen LogP contribution in [0, 0.1) is 6.92 Å². The second-order valence-corrected chi connectivity index (χ2v) is 7.99. The highest BCUT2D eigenvalue weighted by Gasteiger charge is 2.21. The van der Waals surface area contributed by atoms with Crippen LogP contribution in [0.1, 0.15) is 54.2 Å². The molecule has 2 aromatic rings. The molecule has 1 unspecified atom stereocenters. The average molecular weight is 426 g/mol. The number of nitrogens with one attached hydrogen (secondary N) is 1. The lowest BCUT2D eigenvalue weighted by Gasteiger charge is -2.24. The van der Waals surface area contributed by atoms with Gasteiger partial charge in [-0.15, -0.1) is 11.3 Å². The fourth-order valence-corrected chi connectivity index (χ4v) is 4.35. The first-order valence-electron chi connectivity index (χ1n) is 9.99. The number of methoxy groups -OCH3 is 1. The van der Waals surface area contributed by atoms with Crippen molar-refractivity contribution in [2.45, 2.75) is 52.7 Å². The molecule has 0 radical (unpaired) electrons. The van der Waals surface area contributed by atoms with Crippen LogP contribution in [0.15, 0.2) is 4.79 Å². The zero-order valence-corrected chi connectivity index (χ0v) is 18.4. The molecule has 0 aliphatic rings. The summed E-state index contributed by atoms with van der Waals surface area (Å²) in [5.41, 5.74) is 0.333. The Morgan fingerprint density at radius 3 is 2.79 bits per heavy atom. The van der Waals surface area contributed by atoms with Gasteiger partial charge in [-0.1, -0.05) is 13.3 Å². The molecular formula is C20H31N3O5S. The van der Waals surface area contributed by atoms with Crippen LogP contribution in [0.2, 0.25) is 0 Å². The molecule has 2 N–H and O–H groups in total. The van der Waals surface area contributed by atoms with Crippen molar-refractivity contribution < 1.29 is 19.4 Å². The summed E-state index contributed by atoms with van der Waals surface area (Å²) in [6, 6.07) is 0. The van der Waals surface area contributed by atoms with Gasteiger partial charge in [0.25, 0.3) is 5.56 Å². The van der Waals surface area contributed by atoms with Crippen LogP contribution < -0.4 is 5.56 Å². The molecule has 162 valence electrons. The lowest BCUT2D eigenvalue weighted by Crippen LogP contribution is -2.34. The van der Waals surface area contributed by atoms with Crippen LogP contribution in [-0.2, 0) is 16.0 Å². The summed E-state index contributed by atoms with van der Waals surface area (Å²) in [4.78, 5) is 35.2. The Morgan fingerprint density at radius 2 is 2.14 bits per heavy atom. The fourth-order valence-electron chi connectivity index (χ4n) is 3.26. The normalized spacial score (nSPS) is 12.6. The molecule has 0 aromatic carbocycles. The van der Waals surface area contributed by atoms with E-state index < -0.39 is 12.1 Å². The number of thiophene rings is 1. The number of hydrogen-bond donors (Lipinski definition) is 2. The summed E-state index contributed by atoms with van der Waals surface area (Å²) in [5, 5.41) is 10.6. The number of aromatic amines is 1. The van der Waals surface area contributed by atoms with Crippen molar-refractivity contribution in [2.75, 3.05) is 33.4 Å². The molecule has 1 atom stereocenters. The standard InChI is InChI=1S/C20H31N3O5S/c1-5-8-14(24)11-23(9-7-10-27-4)12-15-21-18(25)16-13(3)17(20(26)28-6-2)29-19(16)22-15/h14,24H,5-12H2,1-4H3,(H,21,22,25). The summed E-state index contributed by atoms with van der Waals surface area (Å²) in [6.07, 6.45) is 2.00. The number of hydrogen-bond acceptors (Lipinski definition) is 8. The lowest BCUT2D eigenvalue weighted by atomic mass is 10.2. The molecule has 2 heterocycles.